The van der Waals surface area contributed by atoms with Crippen LogP contribution in [0, 0.1) is 17.7 Å². The molecule has 0 atom stereocenters. The Labute approximate surface area is 151 Å². The van der Waals surface area contributed by atoms with E-state index < -0.39 is 0 Å². The Hall–Kier alpha value is -3.33. The third kappa shape index (κ3) is 5.95. The SMILES string of the molecule is CN(C)C(=O)c1ccc(C#CCNC(=O)COc2ccc(F)cc2)cc1. The Morgan fingerprint density at radius 2 is 1.73 bits per heavy atom. The molecule has 2 rings (SSSR count). The van der Waals surface area contributed by atoms with E-state index in [4.69, 9.17) is 4.74 Å². The maximum atomic E-state index is 12.8. The fourth-order valence-electron chi connectivity index (χ4n) is 1.97. The van der Waals surface area contributed by atoms with Crippen LogP contribution in [0.4, 0.5) is 4.39 Å². The van der Waals surface area contributed by atoms with Crippen LogP contribution in [0.5, 0.6) is 5.75 Å². The molecular weight excluding hydrogens is 335 g/mol. The maximum absolute atomic E-state index is 12.8. The molecule has 0 aliphatic heterocycles. The molecule has 5 nitrogen and oxygen atoms in total. The zero-order valence-electron chi connectivity index (χ0n) is 14.6. The van der Waals surface area contributed by atoms with Gasteiger partial charge in [0.25, 0.3) is 11.8 Å². The normalized spacial score (nSPS) is 9.65. The van der Waals surface area contributed by atoms with Gasteiger partial charge in [-0.1, -0.05) is 11.8 Å². The van der Waals surface area contributed by atoms with Crippen molar-refractivity contribution in [2.24, 2.45) is 0 Å². The van der Waals surface area contributed by atoms with E-state index in [2.05, 4.69) is 17.2 Å². The minimum Gasteiger partial charge on any atom is -0.484 e. The van der Waals surface area contributed by atoms with E-state index in [0.717, 1.165) is 5.56 Å². The Morgan fingerprint density at radius 3 is 2.35 bits per heavy atom. The van der Waals surface area contributed by atoms with Crippen molar-refractivity contribution in [3.63, 3.8) is 0 Å². The van der Waals surface area contributed by atoms with E-state index in [1.165, 1.54) is 29.2 Å². The van der Waals surface area contributed by atoms with Crippen molar-refractivity contribution in [1.82, 2.24) is 10.2 Å². The lowest BCUT2D eigenvalue weighted by Crippen LogP contribution is -2.29. The van der Waals surface area contributed by atoms with Gasteiger partial charge in [0.1, 0.15) is 11.6 Å². The molecule has 0 radical (unpaired) electrons. The summed E-state index contributed by atoms with van der Waals surface area (Å²) in [6.07, 6.45) is 0. The molecule has 0 aliphatic carbocycles. The van der Waals surface area contributed by atoms with E-state index in [1.807, 2.05) is 0 Å². The third-order valence-electron chi connectivity index (χ3n) is 3.33. The number of benzene rings is 2. The van der Waals surface area contributed by atoms with Crippen LogP contribution >= 0.6 is 0 Å². The number of hydrogen-bond acceptors (Lipinski definition) is 3. The van der Waals surface area contributed by atoms with Gasteiger partial charge in [0.2, 0.25) is 0 Å². The number of ether oxygens (including phenoxy) is 1. The van der Waals surface area contributed by atoms with Crippen LogP contribution in [0.2, 0.25) is 0 Å². The van der Waals surface area contributed by atoms with Gasteiger partial charge >= 0.3 is 0 Å². The van der Waals surface area contributed by atoms with Gasteiger partial charge in [-0.3, -0.25) is 9.59 Å². The molecule has 1 N–H and O–H groups in total. The van der Waals surface area contributed by atoms with Crippen LogP contribution < -0.4 is 10.1 Å². The number of halogens is 1. The smallest absolute Gasteiger partial charge is 0.258 e. The van der Waals surface area contributed by atoms with E-state index >= 15 is 0 Å². The number of nitrogens with zero attached hydrogens (tertiary/aromatic N) is 1. The highest BCUT2D eigenvalue weighted by molar-refractivity contribution is 5.93. The Kier molecular flexibility index (Phi) is 6.75. The molecule has 0 aliphatic rings. The standard InChI is InChI=1S/C20H19FN2O3/c1-23(2)20(25)16-7-5-15(6-8-16)4-3-13-22-19(24)14-26-18-11-9-17(21)10-12-18/h5-12H,13-14H2,1-2H3,(H,22,24). The van der Waals surface area contributed by atoms with Crippen LogP contribution in [0.1, 0.15) is 15.9 Å². The van der Waals surface area contributed by atoms with Crippen LogP contribution in [0.15, 0.2) is 48.5 Å². The molecule has 0 fully saturated rings. The second kappa shape index (κ2) is 9.23. The van der Waals surface area contributed by atoms with Gasteiger partial charge in [-0.2, -0.15) is 0 Å². The van der Waals surface area contributed by atoms with Gasteiger partial charge < -0.3 is 15.0 Å². The van der Waals surface area contributed by atoms with Gasteiger partial charge in [-0.25, -0.2) is 4.39 Å². The summed E-state index contributed by atoms with van der Waals surface area (Å²) >= 11 is 0. The lowest BCUT2D eigenvalue weighted by atomic mass is 10.1. The van der Waals surface area contributed by atoms with Crippen molar-refractivity contribution in [2.45, 2.75) is 0 Å². The second-order valence-electron chi connectivity index (χ2n) is 5.60. The average Bonchev–Trinajstić information content (AvgIpc) is 2.64. The Bertz CT molecular complexity index is 819. The minimum absolute atomic E-state index is 0.0714. The van der Waals surface area contributed by atoms with Gasteiger partial charge in [0, 0.05) is 25.2 Å². The number of rotatable bonds is 5. The van der Waals surface area contributed by atoms with Gasteiger partial charge in [0.05, 0.1) is 6.54 Å². The third-order valence-corrected chi connectivity index (χ3v) is 3.33. The Balaban J connectivity index is 1.76. The number of hydrogen-bond donors (Lipinski definition) is 1. The van der Waals surface area contributed by atoms with E-state index in [9.17, 15) is 14.0 Å². The number of nitrogens with one attached hydrogen (secondary N) is 1. The van der Waals surface area contributed by atoms with E-state index in [1.54, 1.807) is 38.4 Å². The molecule has 0 saturated heterocycles. The fraction of sp³-hybridized carbons (Fsp3) is 0.200. The van der Waals surface area contributed by atoms with Crippen molar-refractivity contribution in [3.05, 3.63) is 65.5 Å². The van der Waals surface area contributed by atoms with Crippen LogP contribution in [0.3, 0.4) is 0 Å². The molecule has 0 saturated carbocycles. The zero-order chi connectivity index (χ0) is 18.9. The summed E-state index contributed by atoms with van der Waals surface area (Å²) in [5, 5.41) is 2.61. The van der Waals surface area contributed by atoms with E-state index in [0.29, 0.717) is 11.3 Å². The Morgan fingerprint density at radius 1 is 1.08 bits per heavy atom. The highest BCUT2D eigenvalue weighted by Crippen LogP contribution is 2.10. The monoisotopic (exact) mass is 354 g/mol. The van der Waals surface area contributed by atoms with Crippen molar-refractivity contribution >= 4 is 11.8 Å². The van der Waals surface area contributed by atoms with Crippen molar-refractivity contribution in [2.75, 3.05) is 27.2 Å². The second-order valence-corrected chi connectivity index (χ2v) is 5.60. The molecule has 2 aromatic rings. The first kappa shape index (κ1) is 19.0. The molecule has 0 unspecified atom stereocenters. The predicted molar refractivity (Wildman–Crippen MR) is 96.2 cm³/mol. The molecule has 2 aromatic carbocycles. The number of carbonyl (C=O) groups excluding carboxylic acids is 2. The summed E-state index contributed by atoms with van der Waals surface area (Å²) in [6.45, 7) is -0.00134. The van der Waals surface area contributed by atoms with E-state index in [-0.39, 0.29) is 30.8 Å². The number of amides is 2. The lowest BCUT2D eigenvalue weighted by Gasteiger charge is -2.09. The molecule has 0 spiro atoms. The maximum Gasteiger partial charge on any atom is 0.258 e. The quantitative estimate of drug-likeness (QED) is 0.837. The number of carbonyl (C=O) groups is 2. The van der Waals surface area contributed by atoms with Crippen molar-refractivity contribution < 1.29 is 18.7 Å². The molecule has 0 bridgehead atoms. The van der Waals surface area contributed by atoms with Crippen LogP contribution in [0.25, 0.3) is 0 Å². The zero-order valence-corrected chi connectivity index (χ0v) is 14.6. The summed E-state index contributed by atoms with van der Waals surface area (Å²) in [5.74, 6) is 5.39. The first-order valence-corrected chi connectivity index (χ1v) is 7.91. The van der Waals surface area contributed by atoms with Gasteiger partial charge in [-0.15, -0.1) is 0 Å². The minimum atomic E-state index is -0.365. The molecule has 26 heavy (non-hydrogen) atoms. The summed E-state index contributed by atoms with van der Waals surface area (Å²) < 4.78 is 18.0. The highest BCUT2D eigenvalue weighted by atomic mass is 19.1. The summed E-state index contributed by atoms with van der Waals surface area (Å²) in [6, 6.07) is 12.3. The summed E-state index contributed by atoms with van der Waals surface area (Å²) in [5.41, 5.74) is 1.34. The lowest BCUT2D eigenvalue weighted by molar-refractivity contribution is -0.122. The van der Waals surface area contributed by atoms with Crippen LogP contribution in [-0.2, 0) is 4.79 Å². The molecule has 6 heteroatoms. The summed E-state index contributed by atoms with van der Waals surface area (Å²) in [7, 11) is 3.39. The molecule has 2 amide bonds. The topological polar surface area (TPSA) is 58.6 Å². The molecule has 134 valence electrons. The first-order valence-electron chi connectivity index (χ1n) is 7.91. The van der Waals surface area contributed by atoms with Crippen molar-refractivity contribution in [3.8, 4) is 17.6 Å². The molecule has 0 aromatic heterocycles. The molecule has 0 heterocycles. The fourth-order valence-corrected chi connectivity index (χ4v) is 1.97. The largest absolute Gasteiger partial charge is 0.484 e. The first-order chi connectivity index (χ1) is 12.5. The summed E-state index contributed by atoms with van der Waals surface area (Å²) in [4.78, 5) is 24.9. The average molecular weight is 354 g/mol. The van der Waals surface area contributed by atoms with Crippen molar-refractivity contribution in [1.29, 1.82) is 0 Å². The van der Waals surface area contributed by atoms with Crippen LogP contribution in [-0.4, -0.2) is 44.0 Å². The van der Waals surface area contributed by atoms with Gasteiger partial charge in [0.15, 0.2) is 6.61 Å². The molecular formula is C20H19FN2O3. The van der Waals surface area contributed by atoms with Gasteiger partial charge in [-0.05, 0) is 48.5 Å². The predicted octanol–water partition coefficient (Wildman–Crippen LogP) is 2.07. The highest BCUT2D eigenvalue weighted by Gasteiger charge is 2.06.